The summed E-state index contributed by atoms with van der Waals surface area (Å²) in [6.45, 7) is 0. The van der Waals surface area contributed by atoms with Crippen molar-refractivity contribution in [2.45, 2.75) is 10.1 Å². The lowest BCUT2D eigenvalue weighted by Crippen LogP contribution is -2.64. The van der Waals surface area contributed by atoms with E-state index >= 15 is 0 Å². The van der Waals surface area contributed by atoms with Gasteiger partial charge in [0, 0.05) is 5.56 Å². The average molecular weight is 333 g/mol. The Hall–Kier alpha value is -1.77. The van der Waals surface area contributed by atoms with Gasteiger partial charge in [0.1, 0.15) is 0 Å². The number of carboxylic acid groups (broad SMARTS) is 2. The molecule has 7 nitrogen and oxygen atoms in total. The molecule has 19 heavy (non-hydrogen) atoms. The second-order valence-electron chi connectivity index (χ2n) is 3.64. The predicted octanol–water partition coefficient (Wildman–Crippen LogP) is -0.147. The molecule has 8 heteroatoms. The summed E-state index contributed by atoms with van der Waals surface area (Å²) in [7, 11) is 0. The predicted molar refractivity (Wildman–Crippen MR) is 64.9 cm³/mol. The van der Waals surface area contributed by atoms with Gasteiger partial charge in [-0.1, -0.05) is 30.3 Å². The molecule has 0 saturated carbocycles. The highest BCUT2D eigenvalue weighted by molar-refractivity contribution is 9.10. The number of aliphatic carboxylic acids is 2. The molecule has 0 spiro atoms. The van der Waals surface area contributed by atoms with Crippen molar-refractivity contribution in [1.82, 2.24) is 0 Å². The van der Waals surface area contributed by atoms with E-state index in [0.717, 1.165) is 0 Å². The van der Waals surface area contributed by atoms with Crippen molar-refractivity contribution in [3.05, 3.63) is 35.9 Å². The van der Waals surface area contributed by atoms with Crippen LogP contribution in [0, 0.1) is 0 Å². The van der Waals surface area contributed by atoms with Gasteiger partial charge >= 0.3 is 11.9 Å². The van der Waals surface area contributed by atoms with E-state index in [1.54, 1.807) is 0 Å². The molecule has 0 aromatic heterocycles. The van der Waals surface area contributed by atoms with Crippen molar-refractivity contribution in [1.29, 1.82) is 0 Å². The number of hydrogen-bond donors (Lipinski definition) is 4. The number of halogens is 1. The first-order valence-electron chi connectivity index (χ1n) is 4.86. The third-order valence-electron chi connectivity index (χ3n) is 2.44. The summed E-state index contributed by atoms with van der Waals surface area (Å²) >= 11 is 2.17. The number of benzene rings is 1. The van der Waals surface area contributed by atoms with E-state index in [4.69, 9.17) is 10.2 Å². The van der Waals surface area contributed by atoms with Crippen LogP contribution in [-0.4, -0.2) is 48.3 Å². The fraction of sp³-hybridized carbons (Fsp3) is 0.182. The summed E-state index contributed by atoms with van der Waals surface area (Å²) in [5, 5.41) is 37.1. The summed E-state index contributed by atoms with van der Waals surface area (Å²) in [5.74, 6) is -5.76. The monoisotopic (exact) mass is 332 g/mol. The number of alkyl halides is 1. The van der Waals surface area contributed by atoms with Crippen LogP contribution in [0.3, 0.4) is 0 Å². The normalized spacial score (nSPS) is 17.0. The Bertz CT molecular complexity index is 525. The van der Waals surface area contributed by atoms with Gasteiger partial charge in [-0.25, -0.2) is 9.59 Å². The fourth-order valence-corrected chi connectivity index (χ4v) is 1.69. The molecule has 0 bridgehead atoms. The quantitative estimate of drug-likeness (QED) is 0.335. The van der Waals surface area contributed by atoms with E-state index in [1.165, 1.54) is 30.3 Å². The second kappa shape index (κ2) is 5.08. The Morgan fingerprint density at radius 2 is 1.42 bits per heavy atom. The highest BCUT2D eigenvalue weighted by Gasteiger charge is 2.64. The third-order valence-corrected chi connectivity index (χ3v) is 3.35. The van der Waals surface area contributed by atoms with Crippen molar-refractivity contribution < 1.29 is 34.8 Å². The smallest absolute Gasteiger partial charge is 0.351 e. The lowest BCUT2D eigenvalue weighted by Gasteiger charge is -2.31. The van der Waals surface area contributed by atoms with Crippen LogP contribution in [0.2, 0.25) is 0 Å². The zero-order valence-corrected chi connectivity index (χ0v) is 10.9. The Kier molecular flexibility index (Phi) is 4.09. The van der Waals surface area contributed by atoms with Gasteiger partial charge in [-0.15, -0.1) is 0 Å². The van der Waals surface area contributed by atoms with Gasteiger partial charge < -0.3 is 20.4 Å². The Morgan fingerprint density at radius 3 is 1.79 bits per heavy atom. The summed E-state index contributed by atoms with van der Waals surface area (Å²) in [4.78, 5) is 33.9. The average Bonchev–Trinajstić information content (AvgIpc) is 2.37. The highest BCUT2D eigenvalue weighted by atomic mass is 79.9. The molecule has 0 amide bonds. The third kappa shape index (κ3) is 2.37. The topological polar surface area (TPSA) is 132 Å². The molecule has 0 heterocycles. The Labute approximate surface area is 115 Å². The minimum atomic E-state index is -3.57. The van der Waals surface area contributed by atoms with E-state index in [2.05, 4.69) is 15.9 Å². The summed E-state index contributed by atoms with van der Waals surface area (Å²) < 4.78 is -3.36. The summed E-state index contributed by atoms with van der Waals surface area (Å²) in [6, 6.07) is 6.68. The van der Waals surface area contributed by atoms with Crippen LogP contribution in [0.1, 0.15) is 10.4 Å². The summed E-state index contributed by atoms with van der Waals surface area (Å²) in [5.41, 5.74) is -3.83. The van der Waals surface area contributed by atoms with Crippen LogP contribution in [-0.2, 0) is 9.59 Å². The van der Waals surface area contributed by atoms with E-state index in [9.17, 15) is 24.6 Å². The van der Waals surface area contributed by atoms with Gasteiger partial charge in [0.2, 0.25) is 5.78 Å². The number of carbonyl (C=O) groups excluding carboxylic acids is 1. The van der Waals surface area contributed by atoms with Crippen LogP contribution in [0.4, 0.5) is 0 Å². The van der Waals surface area contributed by atoms with E-state index in [-0.39, 0.29) is 5.56 Å². The van der Waals surface area contributed by atoms with Crippen LogP contribution in [0.5, 0.6) is 0 Å². The molecule has 1 aromatic rings. The van der Waals surface area contributed by atoms with Crippen molar-refractivity contribution in [2.75, 3.05) is 0 Å². The first-order chi connectivity index (χ1) is 8.65. The van der Waals surface area contributed by atoms with Gasteiger partial charge in [0.25, 0.3) is 10.1 Å². The molecule has 0 saturated heterocycles. The number of aliphatic hydroxyl groups is 2. The minimum Gasteiger partial charge on any atom is -0.479 e. The maximum atomic E-state index is 12.0. The van der Waals surface area contributed by atoms with E-state index in [1.807, 2.05) is 0 Å². The van der Waals surface area contributed by atoms with Crippen LogP contribution in [0.25, 0.3) is 0 Å². The maximum absolute atomic E-state index is 12.0. The first-order valence-corrected chi connectivity index (χ1v) is 5.65. The Morgan fingerprint density at radius 1 is 0.947 bits per heavy atom. The molecule has 4 N–H and O–H groups in total. The molecule has 102 valence electrons. The maximum Gasteiger partial charge on any atom is 0.351 e. The lowest BCUT2D eigenvalue weighted by atomic mass is 9.87. The molecular weight excluding hydrogens is 324 g/mol. The molecule has 1 rings (SSSR count). The van der Waals surface area contributed by atoms with Gasteiger partial charge in [0.15, 0.2) is 0 Å². The zero-order valence-electron chi connectivity index (χ0n) is 9.28. The molecule has 0 aliphatic heterocycles. The van der Waals surface area contributed by atoms with E-state index < -0.39 is 27.8 Å². The Balaban J connectivity index is 3.41. The molecule has 0 aliphatic rings. The highest BCUT2D eigenvalue weighted by Crippen LogP contribution is 2.33. The molecule has 0 radical (unpaired) electrons. The standard InChI is InChI=1S/C11H9BrO7/c12-11(19,9(16)17)10(18,8(14)15)7(13)6-4-2-1-3-5-6/h1-5,18-19H,(H,14,15)(H,16,17). The second-order valence-corrected chi connectivity index (χ2v) is 4.79. The van der Waals surface area contributed by atoms with Gasteiger partial charge in [-0.3, -0.25) is 4.79 Å². The molecule has 1 aromatic carbocycles. The van der Waals surface area contributed by atoms with Gasteiger partial charge in [-0.05, 0) is 15.9 Å². The van der Waals surface area contributed by atoms with Crippen molar-refractivity contribution in [3.63, 3.8) is 0 Å². The van der Waals surface area contributed by atoms with E-state index in [0.29, 0.717) is 0 Å². The van der Waals surface area contributed by atoms with Crippen LogP contribution in [0.15, 0.2) is 30.3 Å². The largest absolute Gasteiger partial charge is 0.479 e. The number of carbonyl (C=O) groups is 3. The lowest BCUT2D eigenvalue weighted by molar-refractivity contribution is -0.179. The molecule has 0 fully saturated rings. The number of Topliss-reactive ketones (excluding diaryl/α,β-unsaturated/α-hetero) is 1. The van der Waals surface area contributed by atoms with Gasteiger partial charge in [-0.2, -0.15) is 0 Å². The molecule has 2 atom stereocenters. The number of carboxylic acids is 2. The van der Waals surface area contributed by atoms with Crippen LogP contribution >= 0.6 is 15.9 Å². The molecule has 0 aliphatic carbocycles. The fourth-order valence-electron chi connectivity index (χ4n) is 1.34. The molecular formula is C11H9BrO7. The summed E-state index contributed by atoms with van der Waals surface area (Å²) in [6.07, 6.45) is 0. The first kappa shape index (κ1) is 15.3. The number of rotatable bonds is 5. The number of hydrogen-bond acceptors (Lipinski definition) is 5. The number of ketones is 1. The van der Waals surface area contributed by atoms with Crippen LogP contribution < -0.4 is 0 Å². The van der Waals surface area contributed by atoms with Crippen molar-refractivity contribution >= 4 is 33.7 Å². The van der Waals surface area contributed by atoms with Crippen molar-refractivity contribution in [2.24, 2.45) is 0 Å². The zero-order chi connectivity index (χ0) is 14.8. The van der Waals surface area contributed by atoms with Crippen molar-refractivity contribution in [3.8, 4) is 0 Å². The SMILES string of the molecule is O=C(O)C(O)(Br)C(O)(C(=O)O)C(=O)c1ccccc1. The van der Waals surface area contributed by atoms with Gasteiger partial charge in [0.05, 0.1) is 0 Å². The molecule has 2 unspecified atom stereocenters. The minimum absolute atomic E-state index is 0.258.